The molecule has 0 bridgehead atoms. The average molecular weight is 254 g/mol. The summed E-state index contributed by atoms with van der Waals surface area (Å²) in [5, 5.41) is 3.16. The average Bonchev–Trinajstić information content (AvgIpc) is 2.82. The Kier molecular flexibility index (Phi) is 3.02. The van der Waals surface area contributed by atoms with Crippen molar-refractivity contribution in [2.45, 2.75) is 6.42 Å². The van der Waals surface area contributed by atoms with E-state index in [1.165, 1.54) is 5.56 Å². The highest BCUT2D eigenvalue weighted by molar-refractivity contribution is 5.78. The smallest absolute Gasteiger partial charge is 0.295 e. The van der Waals surface area contributed by atoms with E-state index in [1.807, 2.05) is 30.5 Å². The number of hydrogen-bond acceptors (Lipinski definition) is 5. The van der Waals surface area contributed by atoms with E-state index < -0.39 is 0 Å². The number of pyridine rings is 1. The fraction of sp³-hybridized carbons (Fsp3) is 0.143. The van der Waals surface area contributed by atoms with Crippen LogP contribution in [-0.4, -0.2) is 16.5 Å². The van der Waals surface area contributed by atoms with Gasteiger partial charge in [-0.25, -0.2) is 0 Å². The molecular formula is C14H14N4O. The van der Waals surface area contributed by atoms with Gasteiger partial charge in [0.15, 0.2) is 5.58 Å². The zero-order chi connectivity index (χ0) is 13.1. The number of fused-ring (bicyclic) bond motifs is 1. The number of anilines is 2. The van der Waals surface area contributed by atoms with Crippen molar-refractivity contribution in [2.24, 2.45) is 0 Å². The molecule has 2 heterocycles. The lowest BCUT2D eigenvalue weighted by Crippen LogP contribution is -2.04. The Morgan fingerprint density at radius 2 is 2.21 bits per heavy atom. The Morgan fingerprint density at radius 1 is 1.26 bits per heavy atom. The molecule has 0 aliphatic heterocycles. The molecule has 0 aliphatic carbocycles. The molecule has 5 heteroatoms. The quantitative estimate of drug-likeness (QED) is 0.699. The summed E-state index contributed by atoms with van der Waals surface area (Å²) in [4.78, 5) is 8.41. The number of nitrogens with one attached hydrogen (secondary N) is 1. The predicted molar refractivity (Wildman–Crippen MR) is 74.9 cm³/mol. The first kappa shape index (κ1) is 11.5. The van der Waals surface area contributed by atoms with E-state index in [4.69, 9.17) is 10.2 Å². The number of nitrogens with two attached hydrogens (primary N) is 1. The molecule has 0 unspecified atom stereocenters. The molecule has 5 nitrogen and oxygen atoms in total. The van der Waals surface area contributed by atoms with Crippen LogP contribution in [0.1, 0.15) is 5.56 Å². The summed E-state index contributed by atoms with van der Waals surface area (Å²) in [6.45, 7) is 0.744. The van der Waals surface area contributed by atoms with Crippen molar-refractivity contribution in [3.8, 4) is 0 Å². The van der Waals surface area contributed by atoms with Gasteiger partial charge in [0, 0.05) is 30.7 Å². The second kappa shape index (κ2) is 4.97. The van der Waals surface area contributed by atoms with Crippen LogP contribution in [0.5, 0.6) is 0 Å². The molecule has 0 amide bonds. The number of oxazole rings is 1. The van der Waals surface area contributed by atoms with Crippen molar-refractivity contribution in [3.63, 3.8) is 0 Å². The zero-order valence-corrected chi connectivity index (χ0v) is 10.3. The maximum Gasteiger partial charge on any atom is 0.295 e. The van der Waals surface area contributed by atoms with Gasteiger partial charge in [-0.3, -0.25) is 4.98 Å². The van der Waals surface area contributed by atoms with E-state index in [2.05, 4.69) is 15.3 Å². The van der Waals surface area contributed by atoms with E-state index in [0.717, 1.165) is 18.5 Å². The lowest BCUT2D eigenvalue weighted by Gasteiger charge is -2.01. The van der Waals surface area contributed by atoms with Crippen molar-refractivity contribution >= 4 is 22.8 Å². The van der Waals surface area contributed by atoms with Gasteiger partial charge in [0.2, 0.25) is 0 Å². The predicted octanol–water partition coefficient (Wildman–Crippen LogP) is 2.46. The number of hydrogen-bond donors (Lipinski definition) is 2. The minimum Gasteiger partial charge on any atom is -0.423 e. The third-order valence-corrected chi connectivity index (χ3v) is 2.83. The maximum absolute atomic E-state index is 5.69. The molecule has 0 saturated heterocycles. The second-order valence-corrected chi connectivity index (χ2v) is 4.28. The van der Waals surface area contributed by atoms with Crippen LogP contribution in [0, 0.1) is 0 Å². The van der Waals surface area contributed by atoms with E-state index >= 15 is 0 Å². The van der Waals surface area contributed by atoms with E-state index in [9.17, 15) is 0 Å². The molecule has 3 rings (SSSR count). The van der Waals surface area contributed by atoms with Crippen LogP contribution in [0.4, 0.5) is 11.7 Å². The molecule has 1 aromatic carbocycles. The van der Waals surface area contributed by atoms with Gasteiger partial charge in [-0.2, -0.15) is 4.98 Å². The molecule has 3 aromatic rings. The molecule has 0 saturated carbocycles. The number of nitrogens with zero attached hydrogens (tertiary/aromatic N) is 2. The Hall–Kier alpha value is -2.56. The second-order valence-electron chi connectivity index (χ2n) is 4.28. The lowest BCUT2D eigenvalue weighted by atomic mass is 10.2. The molecule has 19 heavy (non-hydrogen) atoms. The maximum atomic E-state index is 5.69. The van der Waals surface area contributed by atoms with Gasteiger partial charge < -0.3 is 15.5 Å². The molecular weight excluding hydrogens is 240 g/mol. The van der Waals surface area contributed by atoms with Crippen LogP contribution in [0.3, 0.4) is 0 Å². The Labute approximate surface area is 110 Å². The molecule has 96 valence electrons. The summed E-state index contributed by atoms with van der Waals surface area (Å²) in [5.74, 6) is 0. The Bertz CT molecular complexity index is 678. The number of rotatable bonds is 4. The zero-order valence-electron chi connectivity index (χ0n) is 10.3. The first-order valence-corrected chi connectivity index (χ1v) is 6.10. The third-order valence-electron chi connectivity index (χ3n) is 2.83. The van der Waals surface area contributed by atoms with Gasteiger partial charge in [0.1, 0.15) is 5.52 Å². The van der Waals surface area contributed by atoms with Crippen molar-refractivity contribution in [1.82, 2.24) is 9.97 Å². The third kappa shape index (κ3) is 2.65. The molecule has 0 atom stereocenters. The highest BCUT2D eigenvalue weighted by Crippen LogP contribution is 2.20. The number of aromatic nitrogens is 2. The lowest BCUT2D eigenvalue weighted by molar-refractivity contribution is 0.614. The van der Waals surface area contributed by atoms with Crippen molar-refractivity contribution in [3.05, 3.63) is 48.3 Å². The van der Waals surface area contributed by atoms with Gasteiger partial charge in [-0.05, 0) is 30.2 Å². The molecule has 0 spiro atoms. The summed E-state index contributed by atoms with van der Waals surface area (Å²) in [5.41, 5.74) is 9.04. The largest absolute Gasteiger partial charge is 0.423 e. The first-order chi connectivity index (χ1) is 9.31. The Morgan fingerprint density at radius 3 is 3.05 bits per heavy atom. The van der Waals surface area contributed by atoms with Crippen molar-refractivity contribution < 1.29 is 4.42 Å². The highest BCUT2D eigenvalue weighted by Gasteiger charge is 2.05. The molecule has 0 radical (unpaired) electrons. The van der Waals surface area contributed by atoms with Crippen LogP contribution in [0.2, 0.25) is 0 Å². The van der Waals surface area contributed by atoms with E-state index in [0.29, 0.717) is 17.3 Å². The topological polar surface area (TPSA) is 77.0 Å². The molecule has 3 N–H and O–H groups in total. The summed E-state index contributed by atoms with van der Waals surface area (Å²) in [7, 11) is 0. The van der Waals surface area contributed by atoms with Crippen LogP contribution in [0.15, 0.2) is 47.1 Å². The molecule has 0 aliphatic rings. The van der Waals surface area contributed by atoms with Crippen molar-refractivity contribution in [1.29, 1.82) is 0 Å². The highest BCUT2D eigenvalue weighted by atomic mass is 16.4. The normalized spacial score (nSPS) is 10.7. The SMILES string of the molecule is Nc1ccc2nc(NCCc3cccnc3)oc2c1. The summed E-state index contributed by atoms with van der Waals surface area (Å²) >= 11 is 0. The number of benzene rings is 1. The Balaban J connectivity index is 1.65. The van der Waals surface area contributed by atoms with E-state index in [-0.39, 0.29) is 0 Å². The monoisotopic (exact) mass is 254 g/mol. The van der Waals surface area contributed by atoms with Crippen LogP contribution >= 0.6 is 0 Å². The van der Waals surface area contributed by atoms with Gasteiger partial charge in [0.05, 0.1) is 0 Å². The summed E-state index contributed by atoms with van der Waals surface area (Å²) in [6, 6.07) is 9.92. The molecule has 2 aromatic heterocycles. The van der Waals surface area contributed by atoms with Crippen LogP contribution < -0.4 is 11.1 Å². The molecule has 0 fully saturated rings. The first-order valence-electron chi connectivity index (χ1n) is 6.10. The van der Waals surface area contributed by atoms with Gasteiger partial charge in [-0.15, -0.1) is 0 Å². The van der Waals surface area contributed by atoms with Gasteiger partial charge in [0.25, 0.3) is 6.01 Å². The van der Waals surface area contributed by atoms with Crippen molar-refractivity contribution in [2.75, 3.05) is 17.6 Å². The fourth-order valence-corrected chi connectivity index (χ4v) is 1.88. The standard InChI is InChI=1S/C14H14N4O/c15-11-3-4-12-13(8-11)19-14(18-12)17-7-5-10-2-1-6-16-9-10/h1-4,6,8-9H,5,7,15H2,(H,17,18). The van der Waals surface area contributed by atoms with Crippen LogP contribution in [0.25, 0.3) is 11.1 Å². The summed E-state index contributed by atoms with van der Waals surface area (Å²) in [6.07, 6.45) is 4.49. The van der Waals surface area contributed by atoms with Crippen LogP contribution in [-0.2, 0) is 6.42 Å². The fourth-order valence-electron chi connectivity index (χ4n) is 1.88. The minimum absolute atomic E-state index is 0.518. The number of nitrogen functional groups attached to an aromatic ring is 1. The van der Waals surface area contributed by atoms with Gasteiger partial charge >= 0.3 is 0 Å². The van der Waals surface area contributed by atoms with Gasteiger partial charge in [-0.1, -0.05) is 6.07 Å². The minimum atomic E-state index is 0.518. The summed E-state index contributed by atoms with van der Waals surface area (Å²) < 4.78 is 5.57. The van der Waals surface area contributed by atoms with E-state index in [1.54, 1.807) is 12.3 Å².